The molecule has 0 spiro atoms. The monoisotopic (exact) mass is 218 g/mol. The second kappa shape index (κ2) is 4.22. The Morgan fingerprint density at radius 2 is 2.00 bits per heavy atom. The van der Waals surface area contributed by atoms with Crippen molar-refractivity contribution in [1.82, 2.24) is 15.0 Å². The molecule has 0 saturated carbocycles. The lowest BCUT2D eigenvalue weighted by Crippen LogP contribution is -2.02. The zero-order valence-electron chi connectivity index (χ0n) is 9.34. The van der Waals surface area contributed by atoms with E-state index in [9.17, 15) is 0 Å². The van der Waals surface area contributed by atoms with Crippen molar-refractivity contribution in [3.8, 4) is 17.0 Å². The summed E-state index contributed by atoms with van der Waals surface area (Å²) in [6.07, 6.45) is 0. The maximum absolute atomic E-state index is 5.92. The van der Waals surface area contributed by atoms with E-state index in [1.54, 1.807) is 11.8 Å². The van der Waals surface area contributed by atoms with Crippen molar-refractivity contribution < 1.29 is 4.74 Å². The van der Waals surface area contributed by atoms with Crippen LogP contribution < -0.4 is 10.5 Å². The Morgan fingerprint density at radius 3 is 2.50 bits per heavy atom. The van der Waals surface area contributed by atoms with Crippen LogP contribution in [0.4, 0.5) is 5.82 Å². The fourth-order valence-electron chi connectivity index (χ4n) is 1.51. The molecule has 0 unspecified atom stereocenters. The van der Waals surface area contributed by atoms with Gasteiger partial charge in [-0.25, -0.2) is 4.68 Å². The van der Waals surface area contributed by atoms with E-state index < -0.39 is 0 Å². The number of ether oxygens (including phenoxy) is 1. The molecule has 1 aromatic heterocycles. The number of aromatic nitrogens is 3. The summed E-state index contributed by atoms with van der Waals surface area (Å²) in [7, 11) is 1.64. The minimum Gasteiger partial charge on any atom is -0.497 e. The van der Waals surface area contributed by atoms with E-state index in [2.05, 4.69) is 10.3 Å². The number of rotatable bonds is 3. The first-order chi connectivity index (χ1) is 7.76. The van der Waals surface area contributed by atoms with Gasteiger partial charge >= 0.3 is 0 Å². The smallest absolute Gasteiger partial charge is 0.150 e. The third kappa shape index (κ3) is 1.71. The molecule has 1 heterocycles. The van der Waals surface area contributed by atoms with Gasteiger partial charge in [-0.1, -0.05) is 5.21 Å². The summed E-state index contributed by atoms with van der Waals surface area (Å²) >= 11 is 0. The topological polar surface area (TPSA) is 66.0 Å². The van der Waals surface area contributed by atoms with Crippen molar-refractivity contribution in [2.75, 3.05) is 12.8 Å². The molecule has 0 aliphatic carbocycles. The van der Waals surface area contributed by atoms with Crippen LogP contribution in [0.15, 0.2) is 24.3 Å². The molecule has 16 heavy (non-hydrogen) atoms. The maximum Gasteiger partial charge on any atom is 0.150 e. The van der Waals surface area contributed by atoms with Crippen LogP contribution in [0, 0.1) is 0 Å². The lowest BCUT2D eigenvalue weighted by Gasteiger charge is -2.02. The summed E-state index contributed by atoms with van der Waals surface area (Å²) in [6.45, 7) is 2.69. The summed E-state index contributed by atoms with van der Waals surface area (Å²) in [4.78, 5) is 0. The highest BCUT2D eigenvalue weighted by atomic mass is 16.5. The normalized spacial score (nSPS) is 10.4. The first kappa shape index (κ1) is 10.5. The van der Waals surface area contributed by atoms with E-state index in [-0.39, 0.29) is 0 Å². The van der Waals surface area contributed by atoms with Crippen LogP contribution in [-0.2, 0) is 6.54 Å². The van der Waals surface area contributed by atoms with Gasteiger partial charge in [-0.2, -0.15) is 0 Å². The van der Waals surface area contributed by atoms with Crippen molar-refractivity contribution in [3.05, 3.63) is 24.3 Å². The van der Waals surface area contributed by atoms with E-state index in [0.717, 1.165) is 17.9 Å². The van der Waals surface area contributed by atoms with Crippen LogP contribution >= 0.6 is 0 Å². The molecule has 1 aromatic carbocycles. The quantitative estimate of drug-likeness (QED) is 0.848. The molecule has 2 aromatic rings. The van der Waals surface area contributed by atoms with E-state index >= 15 is 0 Å². The van der Waals surface area contributed by atoms with Gasteiger partial charge in [0.05, 0.1) is 7.11 Å². The molecule has 84 valence electrons. The maximum atomic E-state index is 5.92. The van der Waals surface area contributed by atoms with Gasteiger partial charge in [-0.3, -0.25) is 0 Å². The predicted molar refractivity (Wildman–Crippen MR) is 62.1 cm³/mol. The van der Waals surface area contributed by atoms with Crippen LogP contribution in [0.3, 0.4) is 0 Å². The van der Waals surface area contributed by atoms with Crippen molar-refractivity contribution in [2.24, 2.45) is 0 Å². The fourth-order valence-corrected chi connectivity index (χ4v) is 1.51. The number of hydrogen-bond acceptors (Lipinski definition) is 4. The van der Waals surface area contributed by atoms with E-state index in [4.69, 9.17) is 10.5 Å². The lowest BCUT2D eigenvalue weighted by atomic mass is 10.1. The molecule has 0 amide bonds. The molecule has 0 bridgehead atoms. The Morgan fingerprint density at radius 1 is 1.31 bits per heavy atom. The van der Waals surface area contributed by atoms with Gasteiger partial charge in [0.25, 0.3) is 0 Å². The highest BCUT2D eigenvalue weighted by Crippen LogP contribution is 2.24. The first-order valence-corrected chi connectivity index (χ1v) is 5.09. The highest BCUT2D eigenvalue weighted by Gasteiger charge is 2.10. The first-order valence-electron chi connectivity index (χ1n) is 5.09. The van der Waals surface area contributed by atoms with Gasteiger partial charge in [0.1, 0.15) is 17.3 Å². The Bertz CT molecular complexity index is 475. The van der Waals surface area contributed by atoms with Crippen molar-refractivity contribution in [3.63, 3.8) is 0 Å². The predicted octanol–water partition coefficient (Wildman–Crippen LogP) is 1.56. The summed E-state index contributed by atoms with van der Waals surface area (Å²) in [5.74, 6) is 1.40. The number of benzene rings is 1. The van der Waals surface area contributed by atoms with Gasteiger partial charge in [-0.15, -0.1) is 5.10 Å². The Hall–Kier alpha value is -2.04. The summed E-state index contributed by atoms with van der Waals surface area (Å²) in [5.41, 5.74) is 7.58. The van der Waals surface area contributed by atoms with Gasteiger partial charge in [0, 0.05) is 12.1 Å². The molecule has 0 aliphatic heterocycles. The van der Waals surface area contributed by atoms with Crippen LogP contribution in [0.25, 0.3) is 11.3 Å². The summed E-state index contributed by atoms with van der Waals surface area (Å²) in [6, 6.07) is 7.58. The third-order valence-corrected chi connectivity index (χ3v) is 2.44. The zero-order valence-corrected chi connectivity index (χ0v) is 9.34. The number of nitrogen functional groups attached to an aromatic ring is 1. The molecule has 5 nitrogen and oxygen atoms in total. The molecule has 0 radical (unpaired) electrons. The van der Waals surface area contributed by atoms with Crippen molar-refractivity contribution in [2.45, 2.75) is 13.5 Å². The SMILES string of the molecule is CCn1nnc(-c2ccc(OC)cc2)c1N. The highest BCUT2D eigenvalue weighted by molar-refractivity contribution is 5.69. The Labute approximate surface area is 93.8 Å². The fraction of sp³-hybridized carbons (Fsp3) is 0.273. The lowest BCUT2D eigenvalue weighted by molar-refractivity contribution is 0.415. The number of nitrogens with two attached hydrogens (primary N) is 1. The number of nitrogens with zero attached hydrogens (tertiary/aromatic N) is 3. The van der Waals surface area contributed by atoms with Crippen LogP contribution in [-0.4, -0.2) is 22.1 Å². The third-order valence-electron chi connectivity index (χ3n) is 2.44. The standard InChI is InChI=1S/C11H14N4O/c1-3-15-11(12)10(13-14-15)8-4-6-9(16-2)7-5-8/h4-7H,3,12H2,1-2H3. The molecule has 0 fully saturated rings. The molecule has 0 saturated heterocycles. The van der Waals surface area contributed by atoms with Gasteiger partial charge in [-0.05, 0) is 31.2 Å². The molecular formula is C11H14N4O. The number of aryl methyl sites for hydroxylation is 1. The minimum atomic E-state index is 0.590. The molecule has 0 atom stereocenters. The van der Waals surface area contributed by atoms with Gasteiger partial charge in [0.2, 0.25) is 0 Å². The number of anilines is 1. The van der Waals surface area contributed by atoms with Crippen LogP contribution in [0.1, 0.15) is 6.92 Å². The molecule has 2 N–H and O–H groups in total. The zero-order chi connectivity index (χ0) is 11.5. The van der Waals surface area contributed by atoms with Crippen molar-refractivity contribution in [1.29, 1.82) is 0 Å². The Balaban J connectivity index is 2.38. The second-order valence-electron chi connectivity index (χ2n) is 3.37. The molecule has 5 heteroatoms. The molecule has 0 aliphatic rings. The summed E-state index contributed by atoms with van der Waals surface area (Å²) < 4.78 is 6.76. The number of methoxy groups -OCH3 is 1. The van der Waals surface area contributed by atoms with E-state index in [1.807, 2.05) is 31.2 Å². The largest absolute Gasteiger partial charge is 0.497 e. The molecule has 2 rings (SSSR count). The van der Waals surface area contributed by atoms with E-state index in [1.165, 1.54) is 0 Å². The summed E-state index contributed by atoms with van der Waals surface area (Å²) in [5, 5.41) is 8.02. The number of hydrogen-bond donors (Lipinski definition) is 1. The Kier molecular flexibility index (Phi) is 2.76. The van der Waals surface area contributed by atoms with Crippen LogP contribution in [0.5, 0.6) is 5.75 Å². The second-order valence-corrected chi connectivity index (χ2v) is 3.37. The average Bonchev–Trinajstić information content (AvgIpc) is 2.70. The van der Waals surface area contributed by atoms with Crippen LogP contribution in [0.2, 0.25) is 0 Å². The van der Waals surface area contributed by atoms with Gasteiger partial charge < -0.3 is 10.5 Å². The van der Waals surface area contributed by atoms with Crippen molar-refractivity contribution >= 4 is 5.82 Å². The van der Waals surface area contributed by atoms with Gasteiger partial charge in [0.15, 0.2) is 0 Å². The average molecular weight is 218 g/mol. The minimum absolute atomic E-state index is 0.590. The molecular weight excluding hydrogens is 204 g/mol. The van der Waals surface area contributed by atoms with E-state index in [0.29, 0.717) is 11.5 Å².